The zero-order chi connectivity index (χ0) is 23.0. The number of hydrogen-bond donors (Lipinski definition) is 1. The minimum atomic E-state index is -0.534. The Morgan fingerprint density at radius 1 is 1.09 bits per heavy atom. The minimum absolute atomic E-state index is 0.0810. The third-order valence-corrected chi connectivity index (χ3v) is 5.33. The number of ether oxygens (including phenoxy) is 1. The van der Waals surface area contributed by atoms with E-state index in [1.54, 1.807) is 53.7 Å². The Hall–Kier alpha value is -4.07. The Balaban J connectivity index is 1.28. The monoisotopic (exact) mass is 446 g/mol. The summed E-state index contributed by atoms with van der Waals surface area (Å²) < 4.78 is 19.9. The van der Waals surface area contributed by atoms with Gasteiger partial charge in [0.05, 0.1) is 6.20 Å². The standard InChI is InChI=1S/C25H23FN4O3/c26-21-16-18(6-8-22(21)33-20-4-3-12-27-17-20)7-9-24(31)30-14-10-19(11-15-30)25(32)29-23-5-1-2-13-28-23/h1-9,12-13,16-17,19H,10-11,14-15H2,(H,28,29,32)/b9-7+. The van der Waals surface area contributed by atoms with Crippen molar-refractivity contribution in [2.45, 2.75) is 12.8 Å². The summed E-state index contributed by atoms with van der Waals surface area (Å²) in [6, 6.07) is 13.2. The lowest BCUT2D eigenvalue weighted by molar-refractivity contribution is -0.130. The van der Waals surface area contributed by atoms with Crippen molar-refractivity contribution in [3.63, 3.8) is 0 Å². The molecule has 1 N–H and O–H groups in total. The summed E-state index contributed by atoms with van der Waals surface area (Å²) in [7, 11) is 0. The molecule has 1 saturated heterocycles. The molecule has 1 fully saturated rings. The number of anilines is 1. The van der Waals surface area contributed by atoms with Crippen molar-refractivity contribution in [1.29, 1.82) is 0 Å². The summed E-state index contributed by atoms with van der Waals surface area (Å²) in [4.78, 5) is 34.7. The Labute approximate surface area is 190 Å². The molecule has 0 spiro atoms. The first-order chi connectivity index (χ1) is 16.1. The lowest BCUT2D eigenvalue weighted by atomic mass is 9.96. The van der Waals surface area contributed by atoms with Crippen LogP contribution < -0.4 is 10.1 Å². The molecule has 1 aliphatic rings. The van der Waals surface area contributed by atoms with E-state index >= 15 is 0 Å². The second-order valence-electron chi connectivity index (χ2n) is 7.62. The molecule has 3 heterocycles. The van der Waals surface area contributed by atoms with Crippen molar-refractivity contribution in [3.05, 3.63) is 84.6 Å². The molecule has 168 valence electrons. The molecule has 0 radical (unpaired) electrons. The summed E-state index contributed by atoms with van der Waals surface area (Å²) in [5.41, 5.74) is 0.545. The van der Waals surface area contributed by atoms with Crippen LogP contribution in [0, 0.1) is 11.7 Å². The topological polar surface area (TPSA) is 84.4 Å². The first kappa shape index (κ1) is 22.1. The van der Waals surface area contributed by atoms with Crippen LogP contribution in [0.4, 0.5) is 10.2 Å². The number of halogens is 1. The van der Waals surface area contributed by atoms with Gasteiger partial charge < -0.3 is 15.0 Å². The zero-order valence-electron chi connectivity index (χ0n) is 17.9. The van der Waals surface area contributed by atoms with Gasteiger partial charge in [0, 0.05) is 37.5 Å². The zero-order valence-corrected chi connectivity index (χ0v) is 17.9. The molecule has 0 saturated carbocycles. The predicted octanol–water partition coefficient (Wildman–Crippen LogP) is 4.30. The molecule has 1 aliphatic heterocycles. The Kier molecular flexibility index (Phi) is 7.04. The molecule has 0 atom stereocenters. The quantitative estimate of drug-likeness (QED) is 0.571. The number of carbonyl (C=O) groups excluding carboxylic acids is 2. The second-order valence-corrected chi connectivity index (χ2v) is 7.62. The average molecular weight is 446 g/mol. The highest BCUT2D eigenvalue weighted by Gasteiger charge is 2.26. The highest BCUT2D eigenvalue weighted by Crippen LogP contribution is 2.25. The molecule has 1 aromatic carbocycles. The molecule has 0 bridgehead atoms. The number of rotatable bonds is 6. The lowest BCUT2D eigenvalue weighted by Crippen LogP contribution is -2.40. The molecule has 2 amide bonds. The van der Waals surface area contributed by atoms with E-state index in [9.17, 15) is 14.0 Å². The number of amides is 2. The van der Waals surface area contributed by atoms with Gasteiger partial charge in [0.15, 0.2) is 11.6 Å². The maximum Gasteiger partial charge on any atom is 0.246 e. The molecule has 4 rings (SSSR count). The van der Waals surface area contributed by atoms with E-state index in [0.29, 0.717) is 43.1 Å². The fourth-order valence-corrected chi connectivity index (χ4v) is 3.54. The minimum Gasteiger partial charge on any atom is -0.453 e. The van der Waals surface area contributed by atoms with E-state index in [4.69, 9.17) is 4.74 Å². The van der Waals surface area contributed by atoms with Crippen LogP contribution in [0.1, 0.15) is 18.4 Å². The SMILES string of the molecule is O=C(Nc1ccccn1)C1CCN(C(=O)/C=C/c2ccc(Oc3cccnc3)c(F)c2)CC1. The van der Waals surface area contributed by atoms with Gasteiger partial charge in [-0.1, -0.05) is 12.1 Å². The Morgan fingerprint density at radius 2 is 1.94 bits per heavy atom. The summed E-state index contributed by atoms with van der Waals surface area (Å²) in [5.74, 6) is 0.0855. The molecule has 8 heteroatoms. The summed E-state index contributed by atoms with van der Waals surface area (Å²) in [6.45, 7) is 0.964. The van der Waals surface area contributed by atoms with Crippen LogP contribution in [0.5, 0.6) is 11.5 Å². The van der Waals surface area contributed by atoms with Gasteiger partial charge in [-0.25, -0.2) is 9.37 Å². The molecule has 0 unspecified atom stereocenters. The van der Waals surface area contributed by atoms with Gasteiger partial charge in [-0.05, 0) is 60.9 Å². The van der Waals surface area contributed by atoms with E-state index in [-0.39, 0.29) is 23.5 Å². The predicted molar refractivity (Wildman–Crippen MR) is 122 cm³/mol. The molecule has 33 heavy (non-hydrogen) atoms. The first-order valence-corrected chi connectivity index (χ1v) is 10.6. The molecule has 0 aliphatic carbocycles. The molecule has 7 nitrogen and oxygen atoms in total. The van der Waals surface area contributed by atoms with Gasteiger partial charge in [0.1, 0.15) is 11.6 Å². The first-order valence-electron chi connectivity index (χ1n) is 10.6. The Bertz CT molecular complexity index is 1130. The number of nitrogens with one attached hydrogen (secondary N) is 1. The van der Waals surface area contributed by atoms with E-state index in [1.165, 1.54) is 24.4 Å². The smallest absolute Gasteiger partial charge is 0.246 e. The number of hydrogen-bond acceptors (Lipinski definition) is 5. The fraction of sp³-hybridized carbons (Fsp3) is 0.200. The van der Waals surface area contributed by atoms with Crippen LogP contribution in [0.25, 0.3) is 6.08 Å². The number of aromatic nitrogens is 2. The van der Waals surface area contributed by atoms with Gasteiger partial charge in [0.25, 0.3) is 0 Å². The second kappa shape index (κ2) is 10.5. The van der Waals surface area contributed by atoms with Gasteiger partial charge in [-0.2, -0.15) is 0 Å². The number of carbonyl (C=O) groups is 2. The number of nitrogens with zero attached hydrogens (tertiary/aromatic N) is 3. The summed E-state index contributed by atoms with van der Waals surface area (Å²) in [5, 5.41) is 2.81. The fourth-order valence-electron chi connectivity index (χ4n) is 3.54. The molecule has 3 aromatic rings. The number of likely N-dealkylation sites (tertiary alicyclic amines) is 1. The van der Waals surface area contributed by atoms with Crippen LogP contribution in [-0.2, 0) is 9.59 Å². The van der Waals surface area contributed by atoms with E-state index in [0.717, 1.165) is 0 Å². The van der Waals surface area contributed by atoms with Gasteiger partial charge in [0.2, 0.25) is 11.8 Å². The van der Waals surface area contributed by atoms with Gasteiger partial charge in [-0.15, -0.1) is 0 Å². The van der Waals surface area contributed by atoms with Crippen LogP contribution in [0.3, 0.4) is 0 Å². The van der Waals surface area contributed by atoms with Crippen LogP contribution in [0.2, 0.25) is 0 Å². The lowest BCUT2D eigenvalue weighted by Gasteiger charge is -2.30. The summed E-state index contributed by atoms with van der Waals surface area (Å²) >= 11 is 0. The number of pyridine rings is 2. The molecule has 2 aromatic heterocycles. The van der Waals surface area contributed by atoms with Crippen molar-refractivity contribution in [2.24, 2.45) is 5.92 Å². The highest BCUT2D eigenvalue weighted by molar-refractivity contribution is 5.93. The van der Waals surface area contributed by atoms with E-state index in [2.05, 4.69) is 15.3 Å². The third-order valence-electron chi connectivity index (χ3n) is 5.33. The summed E-state index contributed by atoms with van der Waals surface area (Å²) in [6.07, 6.45) is 8.87. The van der Waals surface area contributed by atoms with Crippen molar-refractivity contribution < 1.29 is 18.7 Å². The van der Waals surface area contributed by atoms with Crippen LogP contribution >= 0.6 is 0 Å². The third kappa shape index (κ3) is 6.00. The maximum absolute atomic E-state index is 14.4. The van der Waals surface area contributed by atoms with E-state index in [1.807, 2.05) is 6.07 Å². The van der Waals surface area contributed by atoms with Crippen LogP contribution in [-0.4, -0.2) is 39.8 Å². The maximum atomic E-state index is 14.4. The van der Waals surface area contributed by atoms with E-state index < -0.39 is 5.82 Å². The van der Waals surface area contributed by atoms with Crippen molar-refractivity contribution in [3.8, 4) is 11.5 Å². The van der Waals surface area contributed by atoms with Crippen molar-refractivity contribution >= 4 is 23.7 Å². The van der Waals surface area contributed by atoms with Crippen LogP contribution in [0.15, 0.2) is 73.2 Å². The number of benzene rings is 1. The van der Waals surface area contributed by atoms with Crippen molar-refractivity contribution in [2.75, 3.05) is 18.4 Å². The average Bonchev–Trinajstić information content (AvgIpc) is 2.85. The highest BCUT2D eigenvalue weighted by atomic mass is 19.1. The van der Waals surface area contributed by atoms with Gasteiger partial charge in [-0.3, -0.25) is 14.6 Å². The normalized spacial score (nSPS) is 14.3. The molecular formula is C25H23FN4O3. The largest absolute Gasteiger partial charge is 0.453 e. The number of piperidine rings is 1. The van der Waals surface area contributed by atoms with Gasteiger partial charge >= 0.3 is 0 Å². The Morgan fingerprint density at radius 3 is 2.64 bits per heavy atom. The van der Waals surface area contributed by atoms with Crippen molar-refractivity contribution in [1.82, 2.24) is 14.9 Å². The molecular weight excluding hydrogens is 423 g/mol.